The zero-order valence-corrected chi connectivity index (χ0v) is 9.10. The minimum Gasteiger partial charge on any atom is -0.465 e. The fourth-order valence-corrected chi connectivity index (χ4v) is 1.68. The van der Waals surface area contributed by atoms with E-state index in [2.05, 4.69) is 20.9 Å². The molecule has 0 aliphatic rings. The molecule has 1 N–H and O–H groups in total. The van der Waals surface area contributed by atoms with Crippen LogP contribution in [0, 0.1) is 0 Å². The summed E-state index contributed by atoms with van der Waals surface area (Å²) in [5.74, 6) is 0.494. The monoisotopic (exact) mass is 256 g/mol. The summed E-state index contributed by atoms with van der Waals surface area (Å²) < 4.78 is 7.67. The number of rotatable bonds is 2. The maximum Gasteiger partial charge on any atom is 0.154 e. The number of hydrogen-bond donors (Lipinski definition) is 1. The van der Waals surface area contributed by atoms with Crippen LogP contribution in [-0.2, 0) is 7.05 Å². The van der Waals surface area contributed by atoms with Gasteiger partial charge in [0.15, 0.2) is 11.9 Å². The fraction of sp³-hybridized carbons (Fsp3) is 0.222. The third kappa shape index (κ3) is 1.49. The number of aryl methyl sites for hydroxylation is 1. The highest BCUT2D eigenvalue weighted by Crippen LogP contribution is 2.28. The first-order chi connectivity index (χ1) is 6.70. The molecule has 0 amide bonds. The summed E-state index contributed by atoms with van der Waals surface area (Å²) in [7, 11) is 1.82. The molecule has 74 valence electrons. The van der Waals surface area contributed by atoms with Gasteiger partial charge in [-0.1, -0.05) is 0 Å². The van der Waals surface area contributed by atoms with Crippen LogP contribution in [0.25, 0.3) is 0 Å². The van der Waals surface area contributed by atoms with E-state index in [0.29, 0.717) is 11.5 Å². The normalized spacial score (nSPS) is 13.1. The molecule has 0 spiro atoms. The minimum atomic E-state index is -0.785. The summed E-state index contributed by atoms with van der Waals surface area (Å²) in [5, 5.41) is 9.95. The third-order valence-electron chi connectivity index (χ3n) is 2.03. The van der Waals surface area contributed by atoms with E-state index in [9.17, 15) is 5.11 Å². The lowest BCUT2D eigenvalue weighted by atomic mass is 10.2. The number of imidazole rings is 1. The molecule has 4 nitrogen and oxygen atoms in total. The summed E-state index contributed by atoms with van der Waals surface area (Å²) >= 11 is 3.29. The van der Waals surface area contributed by atoms with E-state index in [0.717, 1.165) is 4.47 Å². The van der Waals surface area contributed by atoms with Gasteiger partial charge >= 0.3 is 0 Å². The number of hydrogen-bond acceptors (Lipinski definition) is 3. The molecule has 1 atom stereocenters. The average Bonchev–Trinajstić information content (AvgIpc) is 2.73. The topological polar surface area (TPSA) is 51.2 Å². The standard InChI is InChI=1S/C9H9BrN2O2/c1-12-5-11-4-7(12)8(13)9-6(10)2-3-14-9/h2-5,8,13H,1H3. The Hall–Kier alpha value is -1.07. The van der Waals surface area contributed by atoms with Gasteiger partial charge in [-0.15, -0.1) is 0 Å². The van der Waals surface area contributed by atoms with Crippen molar-refractivity contribution < 1.29 is 9.52 Å². The van der Waals surface area contributed by atoms with Gasteiger partial charge in [0.2, 0.25) is 0 Å². The first-order valence-corrected chi connectivity index (χ1v) is 4.86. The summed E-state index contributed by atoms with van der Waals surface area (Å²) in [6, 6.07) is 1.74. The van der Waals surface area contributed by atoms with E-state index in [1.807, 2.05) is 7.05 Å². The zero-order chi connectivity index (χ0) is 10.1. The zero-order valence-electron chi connectivity index (χ0n) is 7.51. The van der Waals surface area contributed by atoms with E-state index in [-0.39, 0.29) is 0 Å². The van der Waals surface area contributed by atoms with Crippen molar-refractivity contribution in [2.75, 3.05) is 0 Å². The number of nitrogens with zero attached hydrogens (tertiary/aromatic N) is 2. The molecule has 2 aromatic heterocycles. The molecule has 1 unspecified atom stereocenters. The first kappa shape index (κ1) is 9.48. The first-order valence-electron chi connectivity index (χ1n) is 4.07. The van der Waals surface area contributed by atoms with Gasteiger partial charge in [-0.05, 0) is 22.0 Å². The van der Waals surface area contributed by atoms with Gasteiger partial charge in [-0.3, -0.25) is 0 Å². The van der Waals surface area contributed by atoms with Crippen LogP contribution in [0.2, 0.25) is 0 Å². The maximum atomic E-state index is 9.95. The van der Waals surface area contributed by atoms with Crippen LogP contribution in [0.4, 0.5) is 0 Å². The van der Waals surface area contributed by atoms with Gasteiger partial charge in [0.05, 0.1) is 29.0 Å². The van der Waals surface area contributed by atoms with Crippen LogP contribution in [0.3, 0.4) is 0 Å². The lowest BCUT2D eigenvalue weighted by Gasteiger charge is -2.08. The number of furan rings is 1. The minimum absolute atomic E-state index is 0.494. The van der Waals surface area contributed by atoms with E-state index in [1.54, 1.807) is 23.2 Å². The molecular weight excluding hydrogens is 248 g/mol. The van der Waals surface area contributed by atoms with Crippen LogP contribution in [-0.4, -0.2) is 14.7 Å². The van der Waals surface area contributed by atoms with Gasteiger partial charge < -0.3 is 14.1 Å². The number of halogens is 1. The predicted molar refractivity (Wildman–Crippen MR) is 53.7 cm³/mol. The highest BCUT2D eigenvalue weighted by atomic mass is 79.9. The SMILES string of the molecule is Cn1cncc1C(O)c1occc1Br. The molecule has 0 fully saturated rings. The quantitative estimate of drug-likeness (QED) is 0.893. The lowest BCUT2D eigenvalue weighted by molar-refractivity contribution is 0.180. The van der Waals surface area contributed by atoms with Gasteiger partial charge in [-0.2, -0.15) is 0 Å². The smallest absolute Gasteiger partial charge is 0.154 e. The Kier molecular flexibility index (Phi) is 2.43. The fourth-order valence-electron chi connectivity index (χ4n) is 1.27. The van der Waals surface area contributed by atoms with Crippen LogP contribution < -0.4 is 0 Å². The van der Waals surface area contributed by atoms with Gasteiger partial charge in [0.1, 0.15) is 0 Å². The van der Waals surface area contributed by atoms with Gasteiger partial charge in [-0.25, -0.2) is 4.98 Å². The number of aliphatic hydroxyl groups is 1. The molecule has 2 rings (SSSR count). The maximum absolute atomic E-state index is 9.95. The van der Waals surface area contributed by atoms with Crippen molar-refractivity contribution >= 4 is 15.9 Å². The highest BCUT2D eigenvalue weighted by Gasteiger charge is 2.19. The van der Waals surface area contributed by atoms with Crippen molar-refractivity contribution in [1.82, 2.24) is 9.55 Å². The Morgan fingerprint density at radius 1 is 1.64 bits per heavy atom. The van der Waals surface area contributed by atoms with Crippen molar-refractivity contribution in [2.45, 2.75) is 6.10 Å². The molecule has 0 saturated heterocycles. The molecule has 0 aromatic carbocycles. The van der Waals surface area contributed by atoms with Crippen LogP contribution >= 0.6 is 15.9 Å². The lowest BCUT2D eigenvalue weighted by Crippen LogP contribution is -2.04. The Morgan fingerprint density at radius 3 is 2.93 bits per heavy atom. The van der Waals surface area contributed by atoms with Crippen LogP contribution in [0.1, 0.15) is 17.6 Å². The van der Waals surface area contributed by atoms with E-state index in [1.165, 1.54) is 6.26 Å². The number of aliphatic hydroxyl groups excluding tert-OH is 1. The Morgan fingerprint density at radius 2 is 2.43 bits per heavy atom. The second-order valence-corrected chi connectivity index (χ2v) is 3.82. The summed E-state index contributed by atoms with van der Waals surface area (Å²) in [6.45, 7) is 0. The molecule has 14 heavy (non-hydrogen) atoms. The van der Waals surface area contributed by atoms with Crippen LogP contribution in [0.15, 0.2) is 33.7 Å². The molecule has 2 heterocycles. The molecule has 0 bridgehead atoms. The Bertz CT molecular complexity index is 395. The Balaban J connectivity index is 2.38. The third-order valence-corrected chi connectivity index (χ3v) is 2.68. The van der Waals surface area contributed by atoms with Crippen molar-refractivity contribution in [3.8, 4) is 0 Å². The van der Waals surface area contributed by atoms with Crippen molar-refractivity contribution in [2.24, 2.45) is 7.05 Å². The molecule has 0 aliphatic heterocycles. The van der Waals surface area contributed by atoms with Gasteiger partial charge in [0.25, 0.3) is 0 Å². The second-order valence-electron chi connectivity index (χ2n) is 2.96. The van der Waals surface area contributed by atoms with Crippen molar-refractivity contribution in [1.29, 1.82) is 0 Å². The summed E-state index contributed by atoms with van der Waals surface area (Å²) in [6.07, 6.45) is 3.99. The molecule has 0 radical (unpaired) electrons. The largest absolute Gasteiger partial charge is 0.465 e. The molecular formula is C9H9BrN2O2. The summed E-state index contributed by atoms with van der Waals surface area (Å²) in [5.41, 5.74) is 0.695. The highest BCUT2D eigenvalue weighted by molar-refractivity contribution is 9.10. The molecule has 0 saturated carbocycles. The molecule has 2 aromatic rings. The van der Waals surface area contributed by atoms with E-state index >= 15 is 0 Å². The van der Waals surface area contributed by atoms with E-state index in [4.69, 9.17) is 4.42 Å². The molecule has 0 aliphatic carbocycles. The van der Waals surface area contributed by atoms with E-state index < -0.39 is 6.10 Å². The average molecular weight is 257 g/mol. The predicted octanol–water partition coefficient (Wildman–Crippen LogP) is 1.86. The van der Waals surface area contributed by atoms with Gasteiger partial charge in [0, 0.05) is 7.05 Å². The number of aromatic nitrogens is 2. The Labute approximate surface area is 89.3 Å². The molecule has 5 heteroatoms. The van der Waals surface area contributed by atoms with Crippen molar-refractivity contribution in [3.63, 3.8) is 0 Å². The van der Waals surface area contributed by atoms with Crippen LogP contribution in [0.5, 0.6) is 0 Å². The van der Waals surface area contributed by atoms with Crippen molar-refractivity contribution in [3.05, 3.63) is 40.8 Å². The summed E-state index contributed by atoms with van der Waals surface area (Å²) in [4.78, 5) is 3.93. The second kappa shape index (κ2) is 3.59.